The van der Waals surface area contributed by atoms with Gasteiger partial charge in [-0.25, -0.2) is 0 Å². The van der Waals surface area contributed by atoms with Crippen LogP contribution in [0.5, 0.6) is 0 Å². The average Bonchev–Trinajstić information content (AvgIpc) is 2.67. The summed E-state index contributed by atoms with van der Waals surface area (Å²) < 4.78 is 0. The predicted molar refractivity (Wildman–Crippen MR) is 58.1 cm³/mol. The van der Waals surface area contributed by atoms with E-state index in [0.29, 0.717) is 36.5 Å². The number of amidine groups is 1. The minimum Gasteiger partial charge on any atom is -0.388 e. The van der Waals surface area contributed by atoms with Gasteiger partial charge in [-0.1, -0.05) is 12.2 Å². The highest BCUT2D eigenvalue weighted by Gasteiger charge is 2.44. The summed E-state index contributed by atoms with van der Waals surface area (Å²) in [6.45, 7) is 0. The van der Waals surface area contributed by atoms with E-state index in [1.807, 2.05) is 0 Å². The summed E-state index contributed by atoms with van der Waals surface area (Å²) in [5, 5.41) is 7.35. The third-order valence-corrected chi connectivity index (χ3v) is 3.69. The fourth-order valence-corrected chi connectivity index (χ4v) is 3.12. The molecule has 82 valence electrons. The Bertz CT molecular complexity index is 294. The zero-order chi connectivity index (χ0) is 11.0. The SMILES string of the molecule is N=C(N)CC1C2C=CC(C2)C1CC(N)=O. The molecule has 5 N–H and O–H groups in total. The number of rotatable bonds is 4. The molecule has 2 aliphatic carbocycles. The summed E-state index contributed by atoms with van der Waals surface area (Å²) in [4.78, 5) is 11.0. The van der Waals surface area contributed by atoms with E-state index in [4.69, 9.17) is 16.9 Å². The van der Waals surface area contributed by atoms with Gasteiger partial charge in [-0.2, -0.15) is 0 Å². The van der Waals surface area contributed by atoms with Gasteiger partial charge in [-0.3, -0.25) is 10.2 Å². The van der Waals surface area contributed by atoms with Gasteiger partial charge in [0.05, 0.1) is 5.84 Å². The highest BCUT2D eigenvalue weighted by Crippen LogP contribution is 2.50. The first kappa shape index (κ1) is 10.2. The van der Waals surface area contributed by atoms with Crippen molar-refractivity contribution < 1.29 is 4.79 Å². The van der Waals surface area contributed by atoms with Gasteiger partial charge in [0, 0.05) is 12.8 Å². The number of fused-ring (bicyclic) bond motifs is 2. The highest BCUT2D eigenvalue weighted by atomic mass is 16.1. The molecule has 1 saturated carbocycles. The van der Waals surface area contributed by atoms with Crippen LogP contribution >= 0.6 is 0 Å². The molecule has 0 heterocycles. The summed E-state index contributed by atoms with van der Waals surface area (Å²) in [6.07, 6.45) is 6.54. The number of carbonyl (C=O) groups is 1. The predicted octanol–water partition coefficient (Wildman–Crippen LogP) is 0.626. The number of primary amides is 1. The maximum atomic E-state index is 11.0. The van der Waals surface area contributed by atoms with Crippen molar-refractivity contribution in [1.29, 1.82) is 5.41 Å². The lowest BCUT2D eigenvalue weighted by Crippen LogP contribution is -2.28. The number of amides is 1. The molecule has 4 nitrogen and oxygen atoms in total. The summed E-state index contributed by atoms with van der Waals surface area (Å²) in [5.41, 5.74) is 10.7. The Kier molecular flexibility index (Phi) is 2.50. The second-order valence-corrected chi connectivity index (χ2v) is 4.68. The molecule has 1 amide bonds. The van der Waals surface area contributed by atoms with Crippen molar-refractivity contribution in [2.75, 3.05) is 0 Å². The summed E-state index contributed by atoms with van der Waals surface area (Å²) in [6, 6.07) is 0. The zero-order valence-corrected chi connectivity index (χ0v) is 8.65. The fraction of sp³-hybridized carbons (Fsp3) is 0.636. The number of nitrogens with two attached hydrogens (primary N) is 2. The second-order valence-electron chi connectivity index (χ2n) is 4.68. The quantitative estimate of drug-likeness (QED) is 0.358. The Hall–Kier alpha value is -1.32. The van der Waals surface area contributed by atoms with Crippen LogP contribution in [0, 0.1) is 29.1 Å². The lowest BCUT2D eigenvalue weighted by molar-refractivity contribution is -0.119. The molecule has 4 atom stereocenters. The topological polar surface area (TPSA) is 93.0 Å². The van der Waals surface area contributed by atoms with Gasteiger partial charge in [0.1, 0.15) is 0 Å². The molecule has 1 fully saturated rings. The standard InChI is InChI=1S/C11H17N3O/c12-10(13)4-8-6-1-2-7(3-6)9(8)5-11(14)15/h1-2,6-9H,3-5H2,(H3,12,13)(H2,14,15). The maximum Gasteiger partial charge on any atom is 0.217 e. The van der Waals surface area contributed by atoms with Crippen LogP contribution in [0.1, 0.15) is 19.3 Å². The molecule has 4 unspecified atom stereocenters. The molecule has 2 rings (SSSR count). The first-order valence-electron chi connectivity index (χ1n) is 5.37. The smallest absolute Gasteiger partial charge is 0.217 e. The van der Waals surface area contributed by atoms with E-state index in [0.717, 1.165) is 6.42 Å². The summed E-state index contributed by atoms with van der Waals surface area (Å²) >= 11 is 0. The summed E-state index contributed by atoms with van der Waals surface area (Å²) in [7, 11) is 0. The van der Waals surface area contributed by atoms with Crippen LogP contribution in [0.15, 0.2) is 12.2 Å². The first-order chi connectivity index (χ1) is 7.08. The van der Waals surface area contributed by atoms with E-state index >= 15 is 0 Å². The van der Waals surface area contributed by atoms with Gasteiger partial charge in [-0.15, -0.1) is 0 Å². The Morgan fingerprint density at radius 2 is 1.73 bits per heavy atom. The van der Waals surface area contributed by atoms with Gasteiger partial charge in [-0.05, 0) is 30.1 Å². The molecule has 15 heavy (non-hydrogen) atoms. The van der Waals surface area contributed by atoms with Crippen molar-refractivity contribution in [3.8, 4) is 0 Å². The Morgan fingerprint density at radius 3 is 2.20 bits per heavy atom. The van der Waals surface area contributed by atoms with E-state index in [1.54, 1.807) is 0 Å². The van der Waals surface area contributed by atoms with Crippen LogP contribution in [0.25, 0.3) is 0 Å². The lowest BCUT2D eigenvalue weighted by atomic mass is 9.79. The van der Waals surface area contributed by atoms with E-state index < -0.39 is 0 Å². The van der Waals surface area contributed by atoms with E-state index in [1.165, 1.54) is 0 Å². The molecule has 0 aromatic rings. The summed E-state index contributed by atoms with van der Waals surface area (Å²) in [5.74, 6) is 1.62. The Morgan fingerprint density at radius 1 is 1.20 bits per heavy atom. The van der Waals surface area contributed by atoms with Crippen LogP contribution in [0.4, 0.5) is 0 Å². The van der Waals surface area contributed by atoms with Gasteiger partial charge < -0.3 is 11.5 Å². The van der Waals surface area contributed by atoms with Gasteiger partial charge in [0.25, 0.3) is 0 Å². The second kappa shape index (κ2) is 3.68. The van der Waals surface area contributed by atoms with E-state index in [-0.39, 0.29) is 11.7 Å². The molecule has 0 radical (unpaired) electrons. The Balaban J connectivity index is 2.09. The number of hydrogen-bond acceptors (Lipinski definition) is 2. The number of allylic oxidation sites excluding steroid dienone is 2. The number of carbonyl (C=O) groups excluding carboxylic acids is 1. The monoisotopic (exact) mass is 207 g/mol. The van der Waals surface area contributed by atoms with Crippen molar-refractivity contribution in [3.05, 3.63) is 12.2 Å². The van der Waals surface area contributed by atoms with Crippen molar-refractivity contribution in [1.82, 2.24) is 0 Å². The molecule has 4 heteroatoms. The van der Waals surface area contributed by atoms with Crippen molar-refractivity contribution in [2.24, 2.45) is 35.1 Å². The largest absolute Gasteiger partial charge is 0.388 e. The van der Waals surface area contributed by atoms with Gasteiger partial charge in [0.2, 0.25) is 5.91 Å². The zero-order valence-electron chi connectivity index (χ0n) is 8.65. The highest BCUT2D eigenvalue weighted by molar-refractivity contribution is 5.78. The molecule has 0 aliphatic heterocycles. The van der Waals surface area contributed by atoms with Crippen molar-refractivity contribution >= 4 is 11.7 Å². The number of nitrogens with one attached hydrogen (secondary N) is 1. The molecule has 2 bridgehead atoms. The maximum absolute atomic E-state index is 11.0. The average molecular weight is 207 g/mol. The number of hydrogen-bond donors (Lipinski definition) is 3. The third-order valence-electron chi connectivity index (χ3n) is 3.69. The van der Waals surface area contributed by atoms with Crippen LogP contribution < -0.4 is 11.5 Å². The molecule has 0 spiro atoms. The molecular weight excluding hydrogens is 190 g/mol. The minimum atomic E-state index is -0.241. The fourth-order valence-electron chi connectivity index (χ4n) is 3.12. The first-order valence-corrected chi connectivity index (χ1v) is 5.37. The van der Waals surface area contributed by atoms with Gasteiger partial charge in [0.15, 0.2) is 0 Å². The van der Waals surface area contributed by atoms with Crippen LogP contribution in [0.3, 0.4) is 0 Å². The normalized spacial score (nSPS) is 37.1. The Labute approximate surface area is 89.2 Å². The molecule has 0 aromatic heterocycles. The minimum absolute atomic E-state index is 0.218. The van der Waals surface area contributed by atoms with Crippen LogP contribution in [-0.4, -0.2) is 11.7 Å². The van der Waals surface area contributed by atoms with E-state index in [9.17, 15) is 4.79 Å². The molecule has 0 saturated heterocycles. The lowest BCUT2D eigenvalue weighted by Gasteiger charge is -2.26. The van der Waals surface area contributed by atoms with E-state index in [2.05, 4.69) is 12.2 Å². The van der Waals surface area contributed by atoms with Crippen molar-refractivity contribution in [3.63, 3.8) is 0 Å². The molecule has 0 aromatic carbocycles. The van der Waals surface area contributed by atoms with Crippen molar-refractivity contribution in [2.45, 2.75) is 19.3 Å². The molecule has 2 aliphatic rings. The van der Waals surface area contributed by atoms with Crippen LogP contribution in [-0.2, 0) is 4.79 Å². The van der Waals surface area contributed by atoms with Crippen LogP contribution in [0.2, 0.25) is 0 Å². The van der Waals surface area contributed by atoms with Gasteiger partial charge >= 0.3 is 0 Å². The molecular formula is C11H17N3O. The third kappa shape index (κ3) is 1.89.